The Hall–Kier alpha value is -3.82. The van der Waals surface area contributed by atoms with Gasteiger partial charge in [0.25, 0.3) is 0 Å². The summed E-state index contributed by atoms with van der Waals surface area (Å²) in [5.41, 5.74) is 8.84. The predicted octanol–water partition coefficient (Wildman–Crippen LogP) is 3.69. The molecule has 0 fully saturated rings. The predicted molar refractivity (Wildman–Crippen MR) is 114 cm³/mol. The summed E-state index contributed by atoms with van der Waals surface area (Å²) in [7, 11) is 0. The molecule has 168 valence electrons. The highest BCUT2D eigenvalue weighted by molar-refractivity contribution is 6.13. The molecule has 1 aromatic heterocycles. The van der Waals surface area contributed by atoms with E-state index in [4.69, 9.17) is 5.73 Å². The Kier molecular flexibility index (Phi) is 5.98. The van der Waals surface area contributed by atoms with Crippen LogP contribution >= 0.6 is 0 Å². The van der Waals surface area contributed by atoms with Gasteiger partial charge in [-0.1, -0.05) is 12.1 Å². The van der Waals surface area contributed by atoms with Gasteiger partial charge in [0.1, 0.15) is 6.42 Å². The molecule has 0 unspecified atom stereocenters. The zero-order valence-electron chi connectivity index (χ0n) is 17.5. The second-order valence-corrected chi connectivity index (χ2v) is 7.48. The molecule has 0 saturated heterocycles. The molecule has 3 rings (SSSR count). The molecule has 1 heterocycles. The van der Waals surface area contributed by atoms with E-state index in [1.54, 1.807) is 12.1 Å². The highest BCUT2D eigenvalue weighted by atomic mass is 19.4. The fourth-order valence-electron chi connectivity index (χ4n) is 3.55. The molecule has 0 bridgehead atoms. The maximum Gasteiger partial charge on any atom is 0.416 e. The second-order valence-electron chi connectivity index (χ2n) is 7.48. The molecular formula is C22H21F3N4O3. The maximum atomic E-state index is 13.4. The SMILES string of the molecule is C/C(=N/NC(=O)CC(N)=O)c1c(O)n(-c2cc(C)cc(C)c2)c2cc(C(F)(F)F)ccc12. The third kappa shape index (κ3) is 4.58. The first-order valence-corrected chi connectivity index (χ1v) is 9.53. The number of carbonyl (C=O) groups is 2. The lowest BCUT2D eigenvalue weighted by Gasteiger charge is -2.11. The van der Waals surface area contributed by atoms with Gasteiger partial charge in [0.05, 0.1) is 22.4 Å². The number of benzene rings is 2. The minimum Gasteiger partial charge on any atom is -0.494 e. The number of aromatic nitrogens is 1. The van der Waals surface area contributed by atoms with Crippen LogP contribution in [-0.4, -0.2) is 27.2 Å². The van der Waals surface area contributed by atoms with Gasteiger partial charge in [-0.25, -0.2) is 5.43 Å². The lowest BCUT2D eigenvalue weighted by molar-refractivity contribution is -0.137. The lowest BCUT2D eigenvalue weighted by Crippen LogP contribution is -2.25. The number of hydrazone groups is 1. The van der Waals surface area contributed by atoms with Crippen LogP contribution in [0.3, 0.4) is 0 Å². The quantitative estimate of drug-likeness (QED) is 0.316. The first-order valence-electron chi connectivity index (χ1n) is 9.53. The molecule has 0 spiro atoms. The van der Waals surface area contributed by atoms with E-state index < -0.39 is 30.0 Å². The van der Waals surface area contributed by atoms with Crippen molar-refractivity contribution < 1.29 is 27.9 Å². The summed E-state index contributed by atoms with van der Waals surface area (Å²) < 4.78 is 41.4. The number of hydrogen-bond acceptors (Lipinski definition) is 4. The van der Waals surface area contributed by atoms with E-state index in [1.807, 2.05) is 19.9 Å². The Labute approximate surface area is 181 Å². The van der Waals surface area contributed by atoms with E-state index in [1.165, 1.54) is 17.6 Å². The first-order chi connectivity index (χ1) is 14.9. The summed E-state index contributed by atoms with van der Waals surface area (Å²) >= 11 is 0. The van der Waals surface area contributed by atoms with Crippen molar-refractivity contribution in [3.8, 4) is 11.6 Å². The third-order valence-corrected chi connectivity index (χ3v) is 4.78. The van der Waals surface area contributed by atoms with E-state index >= 15 is 0 Å². The summed E-state index contributed by atoms with van der Waals surface area (Å²) in [6.45, 7) is 5.15. The number of aryl methyl sites for hydroxylation is 2. The lowest BCUT2D eigenvalue weighted by atomic mass is 10.1. The minimum atomic E-state index is -4.58. The Morgan fingerprint density at radius 3 is 2.31 bits per heavy atom. The van der Waals surface area contributed by atoms with E-state index in [9.17, 15) is 27.9 Å². The molecular weight excluding hydrogens is 425 g/mol. The molecule has 0 saturated carbocycles. The molecule has 7 nitrogen and oxygen atoms in total. The number of fused-ring (bicyclic) bond motifs is 1. The van der Waals surface area contributed by atoms with Crippen LogP contribution in [0.15, 0.2) is 41.5 Å². The fourth-order valence-corrected chi connectivity index (χ4v) is 3.55. The number of amides is 2. The Bertz CT molecular complexity index is 1240. The molecule has 0 aliphatic carbocycles. The van der Waals surface area contributed by atoms with Gasteiger partial charge in [-0.05, 0) is 56.2 Å². The molecule has 0 aliphatic rings. The topological polar surface area (TPSA) is 110 Å². The van der Waals surface area contributed by atoms with Gasteiger partial charge in [-0.15, -0.1) is 0 Å². The van der Waals surface area contributed by atoms with Crippen LogP contribution < -0.4 is 11.2 Å². The molecule has 4 N–H and O–H groups in total. The minimum absolute atomic E-state index is 0.121. The van der Waals surface area contributed by atoms with Gasteiger partial charge in [-0.3, -0.25) is 14.2 Å². The smallest absolute Gasteiger partial charge is 0.416 e. The van der Waals surface area contributed by atoms with Gasteiger partial charge in [0.15, 0.2) is 0 Å². The van der Waals surface area contributed by atoms with Crippen molar-refractivity contribution in [1.82, 2.24) is 9.99 Å². The molecule has 32 heavy (non-hydrogen) atoms. The van der Waals surface area contributed by atoms with Crippen LogP contribution in [-0.2, 0) is 15.8 Å². The average Bonchev–Trinajstić information content (AvgIpc) is 2.95. The molecule has 0 aliphatic heterocycles. The van der Waals surface area contributed by atoms with Crippen LogP contribution in [0.1, 0.15) is 35.6 Å². The Morgan fingerprint density at radius 2 is 1.75 bits per heavy atom. The number of halogens is 3. The number of aromatic hydroxyl groups is 1. The summed E-state index contributed by atoms with van der Waals surface area (Å²) in [5, 5.41) is 15.2. The van der Waals surface area contributed by atoms with Crippen molar-refractivity contribution in [2.75, 3.05) is 0 Å². The average molecular weight is 446 g/mol. The summed E-state index contributed by atoms with van der Waals surface area (Å²) in [5.74, 6) is -1.94. The van der Waals surface area contributed by atoms with Gasteiger partial charge in [-0.2, -0.15) is 18.3 Å². The molecule has 0 atom stereocenters. The van der Waals surface area contributed by atoms with E-state index in [0.717, 1.165) is 23.3 Å². The normalized spacial score (nSPS) is 12.2. The zero-order valence-corrected chi connectivity index (χ0v) is 17.5. The van der Waals surface area contributed by atoms with Gasteiger partial charge >= 0.3 is 6.18 Å². The Morgan fingerprint density at radius 1 is 1.12 bits per heavy atom. The first kappa shape index (κ1) is 22.9. The monoisotopic (exact) mass is 446 g/mol. The summed E-state index contributed by atoms with van der Waals surface area (Å²) in [6, 6.07) is 8.48. The summed E-state index contributed by atoms with van der Waals surface area (Å²) in [6.07, 6.45) is -5.16. The van der Waals surface area contributed by atoms with Gasteiger partial charge in [0.2, 0.25) is 17.7 Å². The van der Waals surface area contributed by atoms with Crippen LogP contribution in [0.4, 0.5) is 13.2 Å². The van der Waals surface area contributed by atoms with Crippen molar-refractivity contribution in [3.05, 3.63) is 58.7 Å². The van der Waals surface area contributed by atoms with Crippen molar-refractivity contribution in [2.45, 2.75) is 33.4 Å². The molecule has 3 aromatic rings. The van der Waals surface area contributed by atoms with Gasteiger partial charge in [0, 0.05) is 11.1 Å². The van der Waals surface area contributed by atoms with Crippen LogP contribution in [0.5, 0.6) is 5.88 Å². The van der Waals surface area contributed by atoms with Crippen LogP contribution in [0.25, 0.3) is 16.6 Å². The molecule has 2 amide bonds. The van der Waals surface area contributed by atoms with Gasteiger partial charge < -0.3 is 10.8 Å². The van der Waals surface area contributed by atoms with E-state index in [2.05, 4.69) is 10.5 Å². The number of nitrogens with one attached hydrogen (secondary N) is 1. The number of nitrogens with zero attached hydrogens (tertiary/aromatic N) is 2. The summed E-state index contributed by atoms with van der Waals surface area (Å²) in [4.78, 5) is 22.5. The van der Waals surface area contributed by atoms with Crippen molar-refractivity contribution in [3.63, 3.8) is 0 Å². The van der Waals surface area contributed by atoms with Crippen molar-refractivity contribution in [2.24, 2.45) is 10.8 Å². The third-order valence-electron chi connectivity index (χ3n) is 4.78. The number of rotatable bonds is 5. The van der Waals surface area contributed by atoms with E-state index in [0.29, 0.717) is 11.1 Å². The molecule has 10 heteroatoms. The second kappa shape index (κ2) is 8.37. The number of carbonyl (C=O) groups excluding carboxylic acids is 2. The zero-order chi connectivity index (χ0) is 23.8. The standard InChI is InChI=1S/C22H21F3N4O3/c1-11-6-12(2)8-15(7-11)29-17-9-14(22(23,24)25)4-5-16(17)20(21(29)32)13(3)27-28-19(31)10-18(26)30/h4-9,32H,10H2,1-3H3,(H2,26,30)(H,28,31)/b27-13-. The van der Waals surface area contributed by atoms with E-state index in [-0.39, 0.29) is 22.7 Å². The Balaban J connectivity index is 2.25. The molecule has 2 aromatic carbocycles. The highest BCUT2D eigenvalue weighted by Crippen LogP contribution is 2.39. The number of primary amides is 1. The largest absolute Gasteiger partial charge is 0.494 e. The maximum absolute atomic E-state index is 13.4. The van der Waals surface area contributed by atoms with Crippen molar-refractivity contribution in [1.29, 1.82) is 0 Å². The number of alkyl halides is 3. The highest BCUT2D eigenvalue weighted by Gasteiger charge is 2.32. The van der Waals surface area contributed by atoms with Crippen LogP contribution in [0.2, 0.25) is 0 Å². The fraction of sp³-hybridized carbons (Fsp3) is 0.227. The number of nitrogens with two attached hydrogens (primary N) is 1. The van der Waals surface area contributed by atoms with Crippen molar-refractivity contribution >= 4 is 28.4 Å². The number of hydrogen-bond donors (Lipinski definition) is 3. The molecule has 0 radical (unpaired) electrons. The van der Waals surface area contributed by atoms with Crippen LogP contribution in [0, 0.1) is 13.8 Å².